The van der Waals surface area contributed by atoms with Crippen LogP contribution in [0.15, 0.2) is 0 Å². The van der Waals surface area contributed by atoms with Crippen molar-refractivity contribution in [1.82, 2.24) is 0 Å². The van der Waals surface area contributed by atoms with Crippen molar-refractivity contribution in [3.8, 4) is 0 Å². The van der Waals surface area contributed by atoms with Gasteiger partial charge in [-0.25, -0.2) is 0 Å². The van der Waals surface area contributed by atoms with Crippen LogP contribution in [0.5, 0.6) is 0 Å². The maximum Gasteiger partial charge on any atom is 0.188 e. The lowest BCUT2D eigenvalue weighted by Crippen LogP contribution is -1.92. The molecule has 0 rings (SSSR count). The molecule has 0 radical (unpaired) electrons. The molecule has 0 unspecified atom stereocenters. The quantitative estimate of drug-likeness (QED) is 0.553. The smallest absolute Gasteiger partial charge is 0.188 e. The second-order valence-corrected chi connectivity index (χ2v) is 4.54. The molecule has 78 valence electrons. The largest absolute Gasteiger partial charge is 0.287 e. The van der Waals surface area contributed by atoms with Gasteiger partial charge in [0.2, 0.25) is 0 Å². The lowest BCUT2D eigenvalue weighted by Gasteiger charge is -1.99. The molecule has 13 heavy (non-hydrogen) atoms. The van der Waals surface area contributed by atoms with E-state index in [1.807, 2.05) is 0 Å². The van der Waals surface area contributed by atoms with Crippen LogP contribution in [0, 0.1) is 0 Å². The normalized spacial score (nSPS) is 10.3. The van der Waals surface area contributed by atoms with Crippen molar-refractivity contribution in [2.75, 3.05) is 5.75 Å². The minimum atomic E-state index is 0.387. The van der Waals surface area contributed by atoms with Gasteiger partial charge in [0.25, 0.3) is 0 Å². The van der Waals surface area contributed by atoms with Crippen LogP contribution in [0.4, 0.5) is 0 Å². The first kappa shape index (κ1) is 13.0. The number of thioether (sulfide) groups is 1. The summed E-state index contributed by atoms with van der Waals surface area (Å²) in [5.41, 5.74) is 0. The Morgan fingerprint density at radius 1 is 1.00 bits per heavy atom. The summed E-state index contributed by atoms with van der Waals surface area (Å²) in [5, 5.41) is 0.387. The van der Waals surface area contributed by atoms with Gasteiger partial charge in [-0.05, 0) is 12.8 Å². The van der Waals surface area contributed by atoms with Gasteiger partial charge in [0, 0.05) is 12.2 Å². The zero-order chi connectivity index (χ0) is 9.94. The van der Waals surface area contributed by atoms with Gasteiger partial charge < -0.3 is 0 Å². The Hall–Kier alpha value is 0.0200. The van der Waals surface area contributed by atoms with Crippen LogP contribution in [0.3, 0.4) is 0 Å². The molecule has 0 amide bonds. The summed E-state index contributed by atoms with van der Waals surface area (Å²) >= 11 is 1.50. The fourth-order valence-corrected chi connectivity index (χ4v) is 1.88. The van der Waals surface area contributed by atoms with E-state index in [4.69, 9.17) is 0 Å². The topological polar surface area (TPSA) is 17.1 Å². The third-order valence-corrected chi connectivity index (χ3v) is 3.09. The molecule has 1 nitrogen and oxygen atoms in total. The minimum absolute atomic E-state index is 0.387. The fraction of sp³-hybridized carbons (Fsp3) is 0.909. The molecule has 0 aromatic rings. The number of hydrogen-bond acceptors (Lipinski definition) is 2. The van der Waals surface area contributed by atoms with E-state index in [9.17, 15) is 4.79 Å². The number of hydrogen-bond donors (Lipinski definition) is 0. The van der Waals surface area contributed by atoms with Gasteiger partial charge >= 0.3 is 0 Å². The Labute approximate surface area is 86.7 Å². The van der Waals surface area contributed by atoms with Crippen LogP contribution in [-0.2, 0) is 4.79 Å². The van der Waals surface area contributed by atoms with E-state index >= 15 is 0 Å². The SMILES string of the molecule is CCCCCCCC(=O)SCCC. The van der Waals surface area contributed by atoms with E-state index in [1.165, 1.54) is 37.4 Å². The molecule has 0 bridgehead atoms. The highest BCUT2D eigenvalue weighted by Gasteiger charge is 2.00. The van der Waals surface area contributed by atoms with Crippen molar-refractivity contribution < 1.29 is 4.79 Å². The molecule has 0 heterocycles. The predicted octanol–water partition coefficient (Wildman–Crippen LogP) is 4.02. The third-order valence-electron chi connectivity index (χ3n) is 1.95. The number of carbonyl (C=O) groups excluding carboxylic acids is 1. The number of carbonyl (C=O) groups is 1. The van der Waals surface area contributed by atoms with Gasteiger partial charge in [-0.3, -0.25) is 4.79 Å². The lowest BCUT2D eigenvalue weighted by molar-refractivity contribution is -0.111. The van der Waals surface area contributed by atoms with Crippen LogP contribution < -0.4 is 0 Å². The molecule has 0 aromatic heterocycles. The summed E-state index contributed by atoms with van der Waals surface area (Å²) in [4.78, 5) is 11.2. The predicted molar refractivity (Wildman–Crippen MR) is 61.1 cm³/mol. The lowest BCUT2D eigenvalue weighted by atomic mass is 10.1. The standard InChI is InChI=1S/C11H22OS/c1-3-5-6-7-8-9-11(12)13-10-4-2/h3-10H2,1-2H3. The van der Waals surface area contributed by atoms with Crippen molar-refractivity contribution in [2.45, 2.75) is 58.8 Å². The van der Waals surface area contributed by atoms with Crippen molar-refractivity contribution in [2.24, 2.45) is 0 Å². The zero-order valence-corrected chi connectivity index (χ0v) is 9.79. The first-order valence-electron chi connectivity index (χ1n) is 5.46. The molecule has 0 atom stereocenters. The van der Waals surface area contributed by atoms with Crippen molar-refractivity contribution in [3.63, 3.8) is 0 Å². The van der Waals surface area contributed by atoms with Gasteiger partial charge in [0.1, 0.15) is 0 Å². The van der Waals surface area contributed by atoms with Gasteiger partial charge in [0.05, 0.1) is 0 Å². The van der Waals surface area contributed by atoms with Crippen LogP contribution >= 0.6 is 11.8 Å². The van der Waals surface area contributed by atoms with Crippen LogP contribution in [-0.4, -0.2) is 10.9 Å². The molecule has 0 saturated carbocycles. The van der Waals surface area contributed by atoms with Crippen molar-refractivity contribution >= 4 is 16.9 Å². The highest BCUT2D eigenvalue weighted by atomic mass is 32.2. The fourth-order valence-electron chi connectivity index (χ4n) is 1.16. The average molecular weight is 202 g/mol. The molecule has 0 saturated heterocycles. The summed E-state index contributed by atoms with van der Waals surface area (Å²) in [6, 6.07) is 0. The Balaban J connectivity index is 3.08. The Morgan fingerprint density at radius 3 is 2.31 bits per heavy atom. The van der Waals surface area contributed by atoms with E-state index in [1.54, 1.807) is 0 Å². The molecule has 0 aliphatic rings. The first-order chi connectivity index (χ1) is 6.31. The van der Waals surface area contributed by atoms with Crippen LogP contribution in [0.25, 0.3) is 0 Å². The Morgan fingerprint density at radius 2 is 1.69 bits per heavy atom. The van der Waals surface area contributed by atoms with Gasteiger partial charge in [-0.2, -0.15) is 0 Å². The minimum Gasteiger partial charge on any atom is -0.287 e. The third kappa shape index (κ3) is 9.94. The van der Waals surface area contributed by atoms with Gasteiger partial charge in [-0.15, -0.1) is 0 Å². The molecule has 0 aromatic carbocycles. The van der Waals surface area contributed by atoms with Gasteiger partial charge in [0.15, 0.2) is 5.12 Å². The molecule has 0 aliphatic heterocycles. The summed E-state index contributed by atoms with van der Waals surface area (Å²) in [5.74, 6) is 0.994. The van der Waals surface area contributed by atoms with E-state index in [2.05, 4.69) is 13.8 Å². The van der Waals surface area contributed by atoms with E-state index in [-0.39, 0.29) is 0 Å². The van der Waals surface area contributed by atoms with Crippen molar-refractivity contribution in [1.29, 1.82) is 0 Å². The average Bonchev–Trinajstić information content (AvgIpc) is 2.14. The maximum absolute atomic E-state index is 11.2. The monoisotopic (exact) mass is 202 g/mol. The first-order valence-corrected chi connectivity index (χ1v) is 6.45. The molecule has 0 spiro atoms. The van der Waals surface area contributed by atoms with Crippen LogP contribution in [0.2, 0.25) is 0 Å². The molecule has 2 heteroatoms. The molecular formula is C11H22OS. The summed E-state index contributed by atoms with van der Waals surface area (Å²) < 4.78 is 0. The van der Waals surface area contributed by atoms with Crippen LogP contribution in [0.1, 0.15) is 58.8 Å². The number of unbranched alkanes of at least 4 members (excludes halogenated alkanes) is 4. The van der Waals surface area contributed by atoms with Gasteiger partial charge in [-0.1, -0.05) is 51.3 Å². The Bertz CT molecular complexity index is 123. The molecule has 0 aliphatic carbocycles. The molecule has 0 N–H and O–H groups in total. The maximum atomic E-state index is 11.2. The summed E-state index contributed by atoms with van der Waals surface area (Å²) in [6.07, 6.45) is 8.10. The summed E-state index contributed by atoms with van der Waals surface area (Å²) in [6.45, 7) is 4.32. The van der Waals surface area contributed by atoms with Crippen molar-refractivity contribution in [3.05, 3.63) is 0 Å². The molecular weight excluding hydrogens is 180 g/mol. The highest BCUT2D eigenvalue weighted by Crippen LogP contribution is 2.11. The van der Waals surface area contributed by atoms with E-state index in [0.717, 1.165) is 25.0 Å². The highest BCUT2D eigenvalue weighted by molar-refractivity contribution is 8.13. The summed E-state index contributed by atoms with van der Waals surface area (Å²) in [7, 11) is 0. The zero-order valence-electron chi connectivity index (χ0n) is 8.97. The number of rotatable bonds is 8. The second kappa shape index (κ2) is 10.1. The second-order valence-electron chi connectivity index (χ2n) is 3.38. The van der Waals surface area contributed by atoms with E-state index < -0.39 is 0 Å². The Kier molecular flexibility index (Phi) is 10.1. The molecule has 0 fully saturated rings. The van der Waals surface area contributed by atoms with E-state index in [0.29, 0.717) is 5.12 Å².